The van der Waals surface area contributed by atoms with Gasteiger partial charge < -0.3 is 15.3 Å². The predicted octanol–water partition coefficient (Wildman–Crippen LogP) is 0.998. The van der Waals surface area contributed by atoms with Crippen LogP contribution < -0.4 is 5.32 Å². The van der Waals surface area contributed by atoms with E-state index in [-0.39, 0.29) is 17.3 Å². The van der Waals surface area contributed by atoms with Crippen molar-refractivity contribution < 1.29 is 14.7 Å². The Hall–Kier alpha value is -0.910. The van der Waals surface area contributed by atoms with Gasteiger partial charge in [0.15, 0.2) is 0 Å². The van der Waals surface area contributed by atoms with Gasteiger partial charge in [-0.3, -0.25) is 4.79 Å². The van der Waals surface area contributed by atoms with Crippen LogP contribution in [-0.2, 0) is 4.79 Å². The largest absolute Gasteiger partial charge is 0.480 e. The molecule has 1 heterocycles. The van der Waals surface area contributed by atoms with Crippen LogP contribution in [0.5, 0.6) is 0 Å². The van der Waals surface area contributed by atoms with Crippen molar-refractivity contribution in [1.29, 1.82) is 0 Å². The zero-order valence-electron chi connectivity index (χ0n) is 9.65. The van der Waals surface area contributed by atoms with Crippen LogP contribution in [0, 0.1) is 0 Å². The summed E-state index contributed by atoms with van der Waals surface area (Å²) >= 11 is 1.86. The summed E-state index contributed by atoms with van der Waals surface area (Å²) < 4.78 is 0.111. The highest BCUT2D eigenvalue weighted by Crippen LogP contribution is 2.36. The van der Waals surface area contributed by atoms with Crippen LogP contribution in [0.25, 0.3) is 0 Å². The number of carbonyl (C=O) groups excluding carboxylic acids is 1. The number of carboxylic acid groups (broad SMARTS) is 1. The van der Waals surface area contributed by atoms with Crippen molar-refractivity contribution >= 4 is 23.8 Å². The van der Waals surface area contributed by atoms with Gasteiger partial charge in [0.1, 0.15) is 6.54 Å². The van der Waals surface area contributed by atoms with Crippen LogP contribution in [0.1, 0.15) is 19.8 Å². The topological polar surface area (TPSA) is 69.6 Å². The Morgan fingerprint density at radius 1 is 1.56 bits per heavy atom. The average molecular weight is 246 g/mol. The van der Waals surface area contributed by atoms with Crippen molar-refractivity contribution in [3.63, 3.8) is 0 Å². The lowest BCUT2D eigenvalue weighted by Gasteiger charge is -2.24. The molecule has 0 spiro atoms. The molecule has 1 aliphatic heterocycles. The first kappa shape index (κ1) is 13.2. The zero-order chi connectivity index (χ0) is 12.2. The monoisotopic (exact) mass is 246 g/mol. The first-order valence-corrected chi connectivity index (χ1v) is 6.26. The molecule has 0 aliphatic carbocycles. The Balaban J connectivity index is 2.31. The van der Waals surface area contributed by atoms with Gasteiger partial charge in [-0.05, 0) is 25.5 Å². The Morgan fingerprint density at radius 2 is 2.25 bits per heavy atom. The van der Waals surface area contributed by atoms with E-state index in [4.69, 9.17) is 5.11 Å². The van der Waals surface area contributed by atoms with Crippen LogP contribution in [0.15, 0.2) is 0 Å². The molecular formula is C10H18N2O3S. The van der Waals surface area contributed by atoms with Gasteiger partial charge in [-0.2, -0.15) is 11.8 Å². The highest BCUT2D eigenvalue weighted by molar-refractivity contribution is 8.00. The molecule has 1 fully saturated rings. The van der Waals surface area contributed by atoms with Crippen LogP contribution in [-0.4, -0.2) is 52.6 Å². The van der Waals surface area contributed by atoms with E-state index in [9.17, 15) is 9.59 Å². The first-order chi connectivity index (χ1) is 7.43. The summed E-state index contributed by atoms with van der Waals surface area (Å²) in [6, 6.07) is -0.323. The van der Waals surface area contributed by atoms with Gasteiger partial charge in [-0.15, -0.1) is 0 Å². The molecule has 5 nitrogen and oxygen atoms in total. The minimum atomic E-state index is -1.00. The van der Waals surface area contributed by atoms with Crippen molar-refractivity contribution in [2.45, 2.75) is 24.5 Å². The fraction of sp³-hybridized carbons (Fsp3) is 0.800. The molecule has 1 saturated heterocycles. The maximum Gasteiger partial charge on any atom is 0.323 e. The second kappa shape index (κ2) is 5.43. The molecule has 1 atom stereocenters. The summed E-state index contributed by atoms with van der Waals surface area (Å²) in [6.07, 6.45) is 2.28. The third-order valence-electron chi connectivity index (χ3n) is 2.63. The minimum Gasteiger partial charge on any atom is -0.480 e. The van der Waals surface area contributed by atoms with Crippen molar-refractivity contribution in [2.24, 2.45) is 0 Å². The lowest BCUT2D eigenvalue weighted by atomic mass is 10.1. The van der Waals surface area contributed by atoms with Gasteiger partial charge in [-0.25, -0.2) is 4.79 Å². The molecule has 2 N–H and O–H groups in total. The molecule has 0 radical (unpaired) electrons. The summed E-state index contributed by atoms with van der Waals surface area (Å²) in [4.78, 5) is 23.1. The number of aliphatic carboxylic acids is 1. The Labute approximate surface area is 99.6 Å². The number of thioether (sulfide) groups is 1. The summed E-state index contributed by atoms with van der Waals surface area (Å²) in [5.41, 5.74) is 0. The van der Waals surface area contributed by atoms with E-state index < -0.39 is 5.97 Å². The number of likely N-dealkylation sites (N-methyl/N-ethyl adjacent to an activating group) is 1. The number of hydrogen-bond acceptors (Lipinski definition) is 3. The van der Waals surface area contributed by atoms with Gasteiger partial charge in [0, 0.05) is 18.3 Å². The van der Waals surface area contributed by atoms with Crippen LogP contribution in [0.4, 0.5) is 4.79 Å². The van der Waals surface area contributed by atoms with E-state index in [2.05, 4.69) is 12.2 Å². The van der Waals surface area contributed by atoms with Crippen molar-refractivity contribution in [3.05, 3.63) is 0 Å². The Kier molecular flexibility index (Phi) is 4.46. The second-order valence-corrected chi connectivity index (χ2v) is 5.99. The van der Waals surface area contributed by atoms with Gasteiger partial charge in [0.25, 0.3) is 0 Å². The molecule has 1 aliphatic rings. The van der Waals surface area contributed by atoms with Crippen molar-refractivity contribution in [3.8, 4) is 0 Å². The van der Waals surface area contributed by atoms with E-state index >= 15 is 0 Å². The van der Waals surface area contributed by atoms with Gasteiger partial charge >= 0.3 is 12.0 Å². The summed E-state index contributed by atoms with van der Waals surface area (Å²) in [7, 11) is 1.48. The quantitative estimate of drug-likeness (QED) is 0.776. The molecule has 0 saturated carbocycles. The van der Waals surface area contributed by atoms with Crippen LogP contribution in [0.2, 0.25) is 0 Å². The number of amides is 2. The minimum absolute atomic E-state index is 0.111. The lowest BCUT2D eigenvalue weighted by Crippen LogP contribution is -2.44. The fourth-order valence-electron chi connectivity index (χ4n) is 1.65. The smallest absolute Gasteiger partial charge is 0.323 e. The van der Waals surface area contributed by atoms with Crippen LogP contribution >= 0.6 is 11.8 Å². The summed E-state index contributed by atoms with van der Waals surface area (Å²) in [6.45, 7) is 2.46. The standard InChI is InChI=1S/C10H18N2O3S/c1-10(4-3-5-16-10)7-11-9(15)12(2)6-8(13)14/h3-7H2,1-2H3,(H,11,15)(H,13,14). The third kappa shape index (κ3) is 3.92. The number of urea groups is 1. The fourth-order valence-corrected chi connectivity index (χ4v) is 2.89. The van der Waals surface area contributed by atoms with E-state index in [1.807, 2.05) is 11.8 Å². The van der Waals surface area contributed by atoms with Crippen molar-refractivity contribution in [1.82, 2.24) is 10.2 Å². The maximum absolute atomic E-state index is 11.5. The molecule has 0 aromatic carbocycles. The molecule has 2 amide bonds. The number of nitrogens with one attached hydrogen (secondary N) is 1. The average Bonchev–Trinajstić information content (AvgIpc) is 2.61. The van der Waals surface area contributed by atoms with E-state index in [1.54, 1.807) is 0 Å². The lowest BCUT2D eigenvalue weighted by molar-refractivity contribution is -0.137. The third-order valence-corrected chi connectivity index (χ3v) is 4.17. The molecule has 0 bridgehead atoms. The Bertz CT molecular complexity index is 277. The zero-order valence-corrected chi connectivity index (χ0v) is 10.5. The molecule has 6 heteroatoms. The number of hydrogen-bond donors (Lipinski definition) is 2. The highest BCUT2D eigenvalue weighted by atomic mass is 32.2. The van der Waals surface area contributed by atoms with Crippen LogP contribution in [0.3, 0.4) is 0 Å². The van der Waals surface area contributed by atoms with Crippen molar-refractivity contribution in [2.75, 3.05) is 25.9 Å². The normalized spacial score (nSPS) is 24.1. The number of rotatable bonds is 4. The first-order valence-electron chi connectivity index (χ1n) is 5.28. The summed E-state index contributed by atoms with van der Waals surface area (Å²) in [5, 5.41) is 11.3. The van der Waals surface area contributed by atoms with E-state index in [0.29, 0.717) is 6.54 Å². The maximum atomic E-state index is 11.5. The number of carbonyl (C=O) groups is 2. The van der Waals surface area contributed by atoms with E-state index in [1.165, 1.54) is 18.4 Å². The molecular weight excluding hydrogens is 228 g/mol. The molecule has 0 aromatic heterocycles. The predicted molar refractivity (Wildman–Crippen MR) is 63.8 cm³/mol. The molecule has 16 heavy (non-hydrogen) atoms. The molecule has 0 aromatic rings. The summed E-state index contributed by atoms with van der Waals surface area (Å²) in [5.74, 6) is 0.135. The second-order valence-electron chi connectivity index (χ2n) is 4.31. The van der Waals surface area contributed by atoms with Gasteiger partial charge in [0.2, 0.25) is 0 Å². The Morgan fingerprint density at radius 3 is 2.75 bits per heavy atom. The number of nitrogens with zero attached hydrogens (tertiary/aromatic N) is 1. The molecule has 1 unspecified atom stereocenters. The van der Waals surface area contributed by atoms with E-state index in [0.717, 1.165) is 12.2 Å². The highest BCUT2D eigenvalue weighted by Gasteiger charge is 2.30. The van der Waals surface area contributed by atoms with Gasteiger partial charge in [0.05, 0.1) is 0 Å². The molecule has 1 rings (SSSR count). The number of carboxylic acids is 1. The SMILES string of the molecule is CN(CC(=O)O)C(=O)NCC1(C)CCCS1. The van der Waals surface area contributed by atoms with Gasteiger partial charge in [-0.1, -0.05) is 0 Å². The molecule has 92 valence electrons.